The lowest BCUT2D eigenvalue weighted by Crippen LogP contribution is -2.40. The Morgan fingerprint density at radius 2 is 1.82 bits per heavy atom. The molecule has 3 aromatic carbocycles. The number of nitrogens with zero attached hydrogens (tertiary/aromatic N) is 2. The van der Waals surface area contributed by atoms with E-state index in [1.807, 2.05) is 36.4 Å². The lowest BCUT2D eigenvalue weighted by Gasteiger charge is -2.26. The number of allylic oxidation sites excluding steroid dienone is 1. The van der Waals surface area contributed by atoms with Gasteiger partial charge >= 0.3 is 5.97 Å². The van der Waals surface area contributed by atoms with Crippen LogP contribution in [0.3, 0.4) is 0 Å². The van der Waals surface area contributed by atoms with Crippen LogP contribution in [0.4, 0.5) is 0 Å². The number of carbonyl (C=O) groups is 1. The van der Waals surface area contributed by atoms with Gasteiger partial charge in [0.15, 0.2) is 16.3 Å². The number of carbonyl (C=O) groups excluding carboxylic acids is 1. The average Bonchev–Trinajstić information content (AvgIpc) is 3.29. The van der Waals surface area contributed by atoms with Crippen molar-refractivity contribution < 1.29 is 23.7 Å². The summed E-state index contributed by atoms with van der Waals surface area (Å²) in [4.78, 5) is 32.7. The molecule has 0 saturated carbocycles. The molecule has 0 radical (unpaired) electrons. The summed E-state index contributed by atoms with van der Waals surface area (Å²) in [6, 6.07) is 15.7. The number of methoxy groups -OCH3 is 2. The molecular formula is C33H29Br2ClN2O6S. The summed E-state index contributed by atoms with van der Waals surface area (Å²) in [5.74, 6) is 0.945. The highest BCUT2D eigenvalue weighted by Crippen LogP contribution is 2.39. The normalized spacial score (nSPS) is 14.7. The number of halogens is 3. The molecule has 5 rings (SSSR count). The molecule has 1 aliphatic rings. The van der Waals surface area contributed by atoms with Gasteiger partial charge in [-0.1, -0.05) is 57.1 Å². The van der Waals surface area contributed by atoms with Gasteiger partial charge in [-0.2, -0.15) is 0 Å². The van der Waals surface area contributed by atoms with Crippen LogP contribution < -0.4 is 29.1 Å². The minimum absolute atomic E-state index is 0.243. The first-order chi connectivity index (χ1) is 21.5. The van der Waals surface area contributed by atoms with Crippen LogP contribution in [0.1, 0.15) is 43.5 Å². The van der Waals surface area contributed by atoms with Gasteiger partial charge in [0.05, 0.1) is 40.6 Å². The Labute approximate surface area is 285 Å². The maximum atomic E-state index is 14.2. The Morgan fingerprint density at radius 1 is 1.09 bits per heavy atom. The van der Waals surface area contributed by atoms with Crippen LogP contribution in [-0.2, 0) is 16.1 Å². The van der Waals surface area contributed by atoms with E-state index in [4.69, 9.17) is 30.5 Å². The van der Waals surface area contributed by atoms with E-state index >= 15 is 0 Å². The van der Waals surface area contributed by atoms with Crippen LogP contribution in [0, 0.1) is 0 Å². The van der Waals surface area contributed by atoms with E-state index in [0.29, 0.717) is 52.9 Å². The summed E-state index contributed by atoms with van der Waals surface area (Å²) in [5.41, 5.74) is 2.56. The van der Waals surface area contributed by atoms with E-state index in [0.717, 1.165) is 10.0 Å². The third-order valence-electron chi connectivity index (χ3n) is 6.95. The standard InChI is InChI=1S/C33H29Br2ClN2O6S/c1-17(2)44-32(40)28-18(3)37-33-38(29(28)22-15-21(34)10-11-25(22)41-4)31(39)27(45-33)14-19-12-23(35)30(26(13-19)42-5)43-16-20-8-6-7-9-24(20)36/h6-15,17,29H,16H2,1-5H3/b27-14-/t29-/m1/s1. The average molecular weight is 777 g/mol. The number of benzene rings is 3. The van der Waals surface area contributed by atoms with Gasteiger partial charge in [-0.3, -0.25) is 9.36 Å². The SMILES string of the molecule is COc1ccc(Br)cc1[C@@H]1C(C(=O)OC(C)C)=C(C)N=c2s/c(=C\c3cc(Br)c(OCc4ccccc4Cl)c(OC)c3)c(=O)n21. The quantitative estimate of drug-likeness (QED) is 0.171. The molecule has 0 fully saturated rings. The summed E-state index contributed by atoms with van der Waals surface area (Å²) >= 11 is 14.7. The van der Waals surface area contributed by atoms with Crippen molar-refractivity contribution in [3.8, 4) is 17.2 Å². The second-order valence-corrected chi connectivity index (χ2v) is 13.5. The van der Waals surface area contributed by atoms with Gasteiger partial charge in [0.25, 0.3) is 5.56 Å². The molecule has 0 saturated heterocycles. The third kappa shape index (κ3) is 6.91. The van der Waals surface area contributed by atoms with Crippen LogP contribution in [0.5, 0.6) is 17.2 Å². The molecule has 0 aliphatic carbocycles. The molecule has 0 amide bonds. The van der Waals surface area contributed by atoms with Gasteiger partial charge in [-0.25, -0.2) is 9.79 Å². The highest BCUT2D eigenvalue weighted by atomic mass is 79.9. The van der Waals surface area contributed by atoms with E-state index in [2.05, 4.69) is 36.9 Å². The van der Waals surface area contributed by atoms with Crippen LogP contribution in [0.25, 0.3) is 6.08 Å². The zero-order valence-electron chi connectivity index (χ0n) is 25.0. The fourth-order valence-corrected chi connectivity index (χ4v) is 7.14. The predicted molar refractivity (Wildman–Crippen MR) is 182 cm³/mol. The Bertz CT molecular complexity index is 2000. The number of ether oxygens (including phenoxy) is 4. The minimum Gasteiger partial charge on any atom is -0.496 e. The predicted octanol–water partition coefficient (Wildman–Crippen LogP) is 6.96. The second kappa shape index (κ2) is 13.9. The molecule has 45 heavy (non-hydrogen) atoms. The highest BCUT2D eigenvalue weighted by Gasteiger charge is 2.35. The van der Waals surface area contributed by atoms with Gasteiger partial charge in [0.2, 0.25) is 0 Å². The number of thiazole rings is 1. The van der Waals surface area contributed by atoms with Crippen molar-refractivity contribution in [1.82, 2.24) is 4.57 Å². The summed E-state index contributed by atoms with van der Waals surface area (Å²) in [7, 11) is 3.10. The summed E-state index contributed by atoms with van der Waals surface area (Å²) in [5, 5.41) is 0.606. The number of aromatic nitrogens is 1. The first kappa shape index (κ1) is 33.0. The third-order valence-corrected chi connectivity index (χ3v) is 9.38. The maximum Gasteiger partial charge on any atom is 0.338 e. The molecule has 0 bridgehead atoms. The van der Waals surface area contributed by atoms with Gasteiger partial charge in [-0.15, -0.1) is 0 Å². The molecule has 1 atom stereocenters. The van der Waals surface area contributed by atoms with Gasteiger partial charge in [-0.05, 0) is 84.7 Å². The Balaban J connectivity index is 1.62. The van der Waals surface area contributed by atoms with Crippen molar-refractivity contribution >= 4 is 66.8 Å². The molecule has 0 N–H and O–H groups in total. The highest BCUT2D eigenvalue weighted by molar-refractivity contribution is 9.10. The lowest BCUT2D eigenvalue weighted by molar-refractivity contribution is -0.143. The van der Waals surface area contributed by atoms with Crippen LogP contribution in [0.15, 0.2) is 84.6 Å². The second-order valence-electron chi connectivity index (χ2n) is 10.3. The molecular weight excluding hydrogens is 748 g/mol. The smallest absolute Gasteiger partial charge is 0.338 e. The molecule has 0 spiro atoms. The number of esters is 1. The van der Waals surface area contributed by atoms with Crippen LogP contribution >= 0.6 is 54.8 Å². The Kier molecular flexibility index (Phi) is 10.2. The molecule has 234 valence electrons. The summed E-state index contributed by atoms with van der Waals surface area (Å²) < 4.78 is 26.4. The van der Waals surface area contributed by atoms with E-state index in [1.54, 1.807) is 59.3 Å². The molecule has 0 unspecified atom stereocenters. The number of fused-ring (bicyclic) bond motifs is 1. The first-order valence-electron chi connectivity index (χ1n) is 13.8. The maximum absolute atomic E-state index is 14.2. The van der Waals surface area contributed by atoms with Crippen molar-refractivity contribution in [1.29, 1.82) is 0 Å². The molecule has 12 heteroatoms. The van der Waals surface area contributed by atoms with Gasteiger partial charge in [0, 0.05) is 20.6 Å². The lowest BCUT2D eigenvalue weighted by atomic mass is 9.95. The number of rotatable bonds is 9. The molecule has 1 aromatic heterocycles. The Morgan fingerprint density at radius 3 is 2.51 bits per heavy atom. The molecule has 4 aromatic rings. The minimum atomic E-state index is -0.830. The first-order valence-corrected chi connectivity index (χ1v) is 16.6. The van der Waals surface area contributed by atoms with Gasteiger partial charge in [0.1, 0.15) is 18.4 Å². The van der Waals surface area contributed by atoms with Gasteiger partial charge < -0.3 is 18.9 Å². The largest absolute Gasteiger partial charge is 0.496 e. The van der Waals surface area contributed by atoms with Crippen molar-refractivity contribution in [3.63, 3.8) is 0 Å². The van der Waals surface area contributed by atoms with Crippen LogP contribution in [-0.4, -0.2) is 30.9 Å². The fraction of sp³-hybridized carbons (Fsp3) is 0.242. The van der Waals surface area contributed by atoms with Crippen molar-refractivity contribution in [3.05, 3.63) is 116 Å². The fourth-order valence-electron chi connectivity index (χ4n) is 4.95. The molecule has 2 heterocycles. The van der Waals surface area contributed by atoms with E-state index in [-0.39, 0.29) is 23.8 Å². The summed E-state index contributed by atoms with van der Waals surface area (Å²) in [6.07, 6.45) is 1.40. The van der Waals surface area contributed by atoms with E-state index < -0.39 is 12.0 Å². The Hall–Kier alpha value is -3.38. The summed E-state index contributed by atoms with van der Waals surface area (Å²) in [6.45, 7) is 5.54. The van der Waals surface area contributed by atoms with Crippen molar-refractivity contribution in [2.75, 3.05) is 14.2 Å². The van der Waals surface area contributed by atoms with E-state index in [9.17, 15) is 9.59 Å². The number of hydrogen-bond acceptors (Lipinski definition) is 8. The zero-order chi connectivity index (χ0) is 32.4. The molecule has 8 nitrogen and oxygen atoms in total. The van der Waals surface area contributed by atoms with Crippen molar-refractivity contribution in [2.45, 2.75) is 39.5 Å². The number of hydrogen-bond donors (Lipinski definition) is 0. The van der Waals surface area contributed by atoms with Crippen molar-refractivity contribution in [2.24, 2.45) is 4.99 Å². The monoisotopic (exact) mass is 774 g/mol. The molecule has 1 aliphatic heterocycles. The van der Waals surface area contributed by atoms with Crippen LogP contribution in [0.2, 0.25) is 5.02 Å². The topological polar surface area (TPSA) is 88.4 Å². The zero-order valence-corrected chi connectivity index (χ0v) is 29.8. The van der Waals surface area contributed by atoms with E-state index in [1.165, 1.54) is 15.9 Å².